The average molecular weight is 326 g/mol. The van der Waals surface area contributed by atoms with Gasteiger partial charge in [-0.1, -0.05) is 18.2 Å². The molecule has 0 spiro atoms. The van der Waals surface area contributed by atoms with Crippen LogP contribution in [0.1, 0.15) is 11.8 Å². The summed E-state index contributed by atoms with van der Waals surface area (Å²) in [5.41, 5.74) is 0. The highest BCUT2D eigenvalue weighted by molar-refractivity contribution is 7.93. The fraction of sp³-hybridized carbons (Fsp3) is 0.231. The first-order chi connectivity index (χ1) is 10.0. The highest BCUT2D eigenvalue weighted by atomic mass is 32.2. The number of ether oxygens (including phenoxy) is 1. The van der Waals surface area contributed by atoms with Gasteiger partial charge >= 0.3 is 5.97 Å². The largest absolute Gasteiger partial charge is 0.466 e. The second-order valence-electron chi connectivity index (χ2n) is 4.03. The first-order valence-corrected chi connectivity index (χ1v) is 8.49. The van der Waals surface area contributed by atoms with E-state index in [2.05, 4.69) is 9.71 Å². The van der Waals surface area contributed by atoms with Gasteiger partial charge in [-0.05, 0) is 19.1 Å². The zero-order valence-corrected chi connectivity index (χ0v) is 12.9. The SMILES string of the molecule is CCOC(=O)Cc1cnc(NS(=O)(=O)c2ccccc2)s1. The Morgan fingerprint density at radius 1 is 1.33 bits per heavy atom. The molecule has 2 rings (SSSR count). The van der Waals surface area contributed by atoms with E-state index in [-0.39, 0.29) is 22.4 Å². The number of nitrogens with one attached hydrogen (secondary N) is 1. The molecule has 1 N–H and O–H groups in total. The summed E-state index contributed by atoms with van der Waals surface area (Å²) in [5, 5.41) is 0.221. The van der Waals surface area contributed by atoms with Crippen LogP contribution in [0.5, 0.6) is 0 Å². The maximum absolute atomic E-state index is 12.1. The Morgan fingerprint density at radius 3 is 2.71 bits per heavy atom. The molecule has 2 aromatic rings. The third-order valence-corrected chi connectivity index (χ3v) is 4.85. The lowest BCUT2D eigenvalue weighted by molar-refractivity contribution is -0.142. The number of rotatable bonds is 6. The van der Waals surface area contributed by atoms with Gasteiger partial charge in [-0.15, -0.1) is 11.3 Å². The summed E-state index contributed by atoms with van der Waals surface area (Å²) in [6, 6.07) is 8.01. The molecule has 0 fully saturated rings. The number of thiazole rings is 1. The summed E-state index contributed by atoms with van der Waals surface area (Å²) in [6.45, 7) is 2.04. The third kappa shape index (κ3) is 4.27. The van der Waals surface area contributed by atoms with E-state index >= 15 is 0 Å². The van der Waals surface area contributed by atoms with Crippen molar-refractivity contribution in [1.29, 1.82) is 0 Å². The molecule has 0 aliphatic rings. The Balaban J connectivity index is 2.07. The standard InChI is InChI=1S/C13H14N2O4S2/c1-2-19-12(16)8-10-9-14-13(20-10)15-21(17,18)11-6-4-3-5-7-11/h3-7,9H,2,8H2,1H3,(H,14,15). The zero-order chi connectivity index (χ0) is 15.3. The smallest absolute Gasteiger partial charge is 0.311 e. The van der Waals surface area contributed by atoms with Gasteiger partial charge in [0.15, 0.2) is 5.13 Å². The van der Waals surface area contributed by atoms with Crippen molar-refractivity contribution >= 4 is 32.5 Å². The Bertz CT molecular complexity index is 711. The minimum Gasteiger partial charge on any atom is -0.466 e. The predicted octanol–water partition coefficient (Wildman–Crippen LogP) is 2.05. The lowest BCUT2D eigenvalue weighted by atomic mass is 10.4. The van der Waals surface area contributed by atoms with Crippen molar-refractivity contribution in [1.82, 2.24) is 4.98 Å². The Morgan fingerprint density at radius 2 is 2.05 bits per heavy atom. The van der Waals surface area contributed by atoms with Crippen molar-refractivity contribution in [3.63, 3.8) is 0 Å². The lowest BCUT2D eigenvalue weighted by Gasteiger charge is -2.04. The first kappa shape index (κ1) is 15.5. The van der Waals surface area contributed by atoms with Gasteiger partial charge in [0.25, 0.3) is 10.0 Å². The first-order valence-electron chi connectivity index (χ1n) is 6.19. The van der Waals surface area contributed by atoms with Gasteiger partial charge in [-0.2, -0.15) is 0 Å². The summed E-state index contributed by atoms with van der Waals surface area (Å²) in [6.07, 6.45) is 1.54. The van der Waals surface area contributed by atoms with E-state index in [1.807, 2.05) is 0 Å². The molecule has 0 radical (unpaired) electrons. The summed E-state index contributed by atoms with van der Waals surface area (Å²) < 4.78 is 31.4. The molecule has 1 aromatic heterocycles. The van der Waals surface area contributed by atoms with Gasteiger partial charge in [0.1, 0.15) is 0 Å². The molecule has 0 amide bonds. The number of carbonyl (C=O) groups is 1. The second kappa shape index (κ2) is 6.68. The summed E-state index contributed by atoms with van der Waals surface area (Å²) in [4.78, 5) is 16.1. The van der Waals surface area contributed by atoms with Crippen LogP contribution in [0.4, 0.5) is 5.13 Å². The van der Waals surface area contributed by atoms with Crippen LogP contribution in [0.2, 0.25) is 0 Å². The number of sulfonamides is 1. The number of esters is 1. The van der Waals surface area contributed by atoms with Crippen molar-refractivity contribution < 1.29 is 17.9 Å². The van der Waals surface area contributed by atoms with Gasteiger partial charge in [0.2, 0.25) is 0 Å². The van der Waals surface area contributed by atoms with Gasteiger partial charge in [-0.3, -0.25) is 9.52 Å². The molecule has 6 nitrogen and oxygen atoms in total. The van der Waals surface area contributed by atoms with Crippen LogP contribution in [0.25, 0.3) is 0 Å². The van der Waals surface area contributed by atoms with Gasteiger partial charge in [0.05, 0.1) is 17.9 Å². The number of aromatic nitrogens is 1. The molecule has 1 heterocycles. The number of hydrogen-bond donors (Lipinski definition) is 1. The van der Waals surface area contributed by atoms with Gasteiger partial charge < -0.3 is 4.74 Å². The van der Waals surface area contributed by atoms with Crippen LogP contribution in [0.15, 0.2) is 41.4 Å². The molecule has 1 aromatic carbocycles. The quantitative estimate of drug-likeness (QED) is 0.821. The molecule has 0 aliphatic heterocycles. The number of hydrogen-bond acceptors (Lipinski definition) is 6. The fourth-order valence-electron chi connectivity index (χ4n) is 1.56. The summed E-state index contributed by atoms with van der Waals surface area (Å²) >= 11 is 1.11. The fourth-order valence-corrected chi connectivity index (χ4v) is 3.63. The monoisotopic (exact) mass is 326 g/mol. The maximum atomic E-state index is 12.1. The molecular weight excluding hydrogens is 312 g/mol. The second-order valence-corrected chi connectivity index (χ2v) is 6.83. The molecule has 0 unspecified atom stereocenters. The van der Waals surface area contributed by atoms with Crippen molar-refractivity contribution in [2.24, 2.45) is 0 Å². The van der Waals surface area contributed by atoms with E-state index < -0.39 is 10.0 Å². The van der Waals surface area contributed by atoms with E-state index in [0.29, 0.717) is 11.5 Å². The average Bonchev–Trinajstić information content (AvgIpc) is 2.86. The van der Waals surface area contributed by atoms with E-state index in [4.69, 9.17) is 4.74 Å². The molecule has 0 aliphatic carbocycles. The Kier molecular flexibility index (Phi) is 4.92. The highest BCUT2D eigenvalue weighted by Crippen LogP contribution is 2.22. The van der Waals surface area contributed by atoms with E-state index in [1.165, 1.54) is 18.3 Å². The zero-order valence-electron chi connectivity index (χ0n) is 11.3. The number of nitrogens with zero attached hydrogens (tertiary/aromatic N) is 1. The number of benzene rings is 1. The maximum Gasteiger partial charge on any atom is 0.311 e. The molecule has 0 saturated heterocycles. The van der Waals surface area contributed by atoms with Crippen molar-refractivity contribution in [3.8, 4) is 0 Å². The van der Waals surface area contributed by atoms with Crippen LogP contribution in [0, 0.1) is 0 Å². The van der Waals surface area contributed by atoms with E-state index in [1.54, 1.807) is 25.1 Å². The molecule has 21 heavy (non-hydrogen) atoms. The van der Waals surface area contributed by atoms with Crippen molar-refractivity contribution in [2.75, 3.05) is 11.3 Å². The highest BCUT2D eigenvalue weighted by Gasteiger charge is 2.16. The van der Waals surface area contributed by atoms with Crippen LogP contribution < -0.4 is 4.72 Å². The Hall–Kier alpha value is -1.93. The minimum atomic E-state index is -3.66. The molecule has 0 saturated carbocycles. The predicted molar refractivity (Wildman–Crippen MR) is 79.7 cm³/mol. The Labute approximate surface area is 126 Å². The number of anilines is 1. The lowest BCUT2D eigenvalue weighted by Crippen LogP contribution is -2.12. The number of carbonyl (C=O) groups excluding carboxylic acids is 1. The molecule has 0 atom stereocenters. The normalized spacial score (nSPS) is 11.1. The molecule has 112 valence electrons. The van der Waals surface area contributed by atoms with Crippen molar-refractivity contribution in [3.05, 3.63) is 41.4 Å². The minimum absolute atomic E-state index is 0.0819. The van der Waals surface area contributed by atoms with Crippen LogP contribution in [-0.4, -0.2) is 26.0 Å². The summed E-state index contributed by atoms with van der Waals surface area (Å²) in [7, 11) is -3.66. The van der Waals surface area contributed by atoms with Crippen molar-refractivity contribution in [2.45, 2.75) is 18.2 Å². The van der Waals surface area contributed by atoms with Gasteiger partial charge in [0, 0.05) is 11.1 Å². The molecular formula is C13H14N2O4S2. The summed E-state index contributed by atoms with van der Waals surface area (Å²) in [5.74, 6) is -0.362. The van der Waals surface area contributed by atoms with Crippen LogP contribution >= 0.6 is 11.3 Å². The van der Waals surface area contributed by atoms with E-state index in [9.17, 15) is 13.2 Å². The molecule has 0 bridgehead atoms. The van der Waals surface area contributed by atoms with Gasteiger partial charge in [-0.25, -0.2) is 13.4 Å². The van der Waals surface area contributed by atoms with Crippen LogP contribution in [0.3, 0.4) is 0 Å². The van der Waals surface area contributed by atoms with E-state index in [0.717, 1.165) is 11.3 Å². The third-order valence-electron chi connectivity index (χ3n) is 2.45. The molecule has 8 heteroatoms. The van der Waals surface area contributed by atoms with Crippen LogP contribution in [-0.2, 0) is 26.0 Å². The topological polar surface area (TPSA) is 85.4 Å².